The summed E-state index contributed by atoms with van der Waals surface area (Å²) in [5.74, 6) is 0.0704. The fraction of sp³-hybridized carbons (Fsp3) is 0.714. The molecule has 3 unspecified atom stereocenters. The second-order valence-electron chi connectivity index (χ2n) is 6.31. The summed E-state index contributed by atoms with van der Waals surface area (Å²) < 4.78 is 5.71. The van der Waals surface area contributed by atoms with E-state index in [1.807, 2.05) is 20.8 Å². The van der Waals surface area contributed by atoms with E-state index in [1.165, 1.54) is 0 Å². The average Bonchev–Trinajstić information content (AvgIpc) is 3.02. The summed E-state index contributed by atoms with van der Waals surface area (Å²) in [5, 5.41) is 3.98. The van der Waals surface area contributed by atoms with Crippen LogP contribution in [0, 0.1) is 18.3 Å². The lowest BCUT2D eigenvalue weighted by atomic mass is 9.48. The Morgan fingerprint density at radius 3 is 3.05 bits per heavy atom. The Kier molecular flexibility index (Phi) is 3.15. The van der Waals surface area contributed by atoms with E-state index in [-0.39, 0.29) is 23.3 Å². The zero-order valence-corrected chi connectivity index (χ0v) is 12.9. The number of fused-ring (bicyclic) bond motifs is 1. The van der Waals surface area contributed by atoms with Crippen molar-refractivity contribution in [1.82, 2.24) is 10.3 Å². The fourth-order valence-electron chi connectivity index (χ4n) is 3.65. The Bertz CT molecular complexity index is 542. The van der Waals surface area contributed by atoms with Crippen LogP contribution in [0.4, 0.5) is 0 Å². The third-order valence-electron chi connectivity index (χ3n) is 4.92. The topological polar surface area (TPSA) is 77.2 Å². The van der Waals surface area contributed by atoms with Crippen molar-refractivity contribution in [1.29, 1.82) is 0 Å². The van der Waals surface area contributed by atoms with E-state index in [0.717, 1.165) is 16.3 Å². The van der Waals surface area contributed by atoms with Crippen molar-refractivity contribution in [3.63, 3.8) is 0 Å². The van der Waals surface area contributed by atoms with Crippen molar-refractivity contribution in [3.05, 3.63) is 16.1 Å². The van der Waals surface area contributed by atoms with E-state index in [2.05, 4.69) is 10.3 Å². The van der Waals surface area contributed by atoms with Gasteiger partial charge in [0, 0.05) is 29.0 Å². The van der Waals surface area contributed by atoms with Crippen LogP contribution < -0.4 is 11.1 Å². The van der Waals surface area contributed by atoms with Gasteiger partial charge in [0.1, 0.15) is 5.54 Å². The number of hydrogen-bond acceptors (Lipinski definition) is 5. The van der Waals surface area contributed by atoms with Crippen molar-refractivity contribution >= 4 is 17.2 Å². The van der Waals surface area contributed by atoms with Crippen molar-refractivity contribution in [2.75, 3.05) is 6.61 Å². The molecule has 1 aliphatic heterocycles. The van der Waals surface area contributed by atoms with E-state index in [9.17, 15) is 4.79 Å². The Morgan fingerprint density at radius 1 is 1.65 bits per heavy atom. The Morgan fingerprint density at radius 2 is 2.40 bits per heavy atom. The molecule has 20 heavy (non-hydrogen) atoms. The smallest absolute Gasteiger partial charge is 0.241 e. The number of rotatable bonds is 3. The van der Waals surface area contributed by atoms with Gasteiger partial charge in [-0.2, -0.15) is 0 Å². The molecular formula is C14H21N3O2S. The number of carbonyl (C=O) groups excluding carboxylic acids is 1. The molecule has 3 rings (SSSR count). The fourth-order valence-corrected chi connectivity index (χ4v) is 4.38. The van der Waals surface area contributed by atoms with Gasteiger partial charge < -0.3 is 15.8 Å². The predicted molar refractivity (Wildman–Crippen MR) is 77.2 cm³/mol. The minimum absolute atomic E-state index is 0.0692. The molecule has 3 atom stereocenters. The van der Waals surface area contributed by atoms with E-state index in [1.54, 1.807) is 17.5 Å². The van der Waals surface area contributed by atoms with Gasteiger partial charge in [0.25, 0.3) is 0 Å². The zero-order chi connectivity index (χ0) is 14.5. The van der Waals surface area contributed by atoms with Crippen molar-refractivity contribution in [2.45, 2.75) is 45.4 Å². The number of aromatic nitrogens is 1. The van der Waals surface area contributed by atoms with Gasteiger partial charge >= 0.3 is 0 Å². The molecule has 6 heteroatoms. The zero-order valence-electron chi connectivity index (χ0n) is 12.1. The Hall–Kier alpha value is -0.980. The summed E-state index contributed by atoms with van der Waals surface area (Å²) in [6.45, 7) is 7.21. The molecule has 1 aromatic rings. The summed E-state index contributed by atoms with van der Waals surface area (Å²) in [5.41, 5.74) is 5.33. The molecule has 0 aromatic carbocycles. The molecule has 0 radical (unpaired) electrons. The van der Waals surface area contributed by atoms with Gasteiger partial charge in [0.2, 0.25) is 5.91 Å². The number of nitrogens with zero attached hydrogens (tertiary/aromatic N) is 1. The molecular weight excluding hydrogens is 274 g/mol. The molecule has 5 nitrogen and oxygen atoms in total. The highest BCUT2D eigenvalue weighted by Crippen LogP contribution is 2.58. The highest BCUT2D eigenvalue weighted by Gasteiger charge is 2.71. The van der Waals surface area contributed by atoms with Crippen LogP contribution in [-0.4, -0.2) is 29.1 Å². The van der Waals surface area contributed by atoms with Crippen molar-refractivity contribution in [2.24, 2.45) is 17.1 Å². The molecule has 1 aromatic heterocycles. The summed E-state index contributed by atoms with van der Waals surface area (Å²) in [6.07, 6.45) is 2.79. The standard InChI is InChI=1S/C14H21N3O2S/c1-8-16-6-9(20-8)7-17-12(18)14(15)10-4-5-19-11(10)13(14,2)3/h6,10-11H,4-5,7,15H2,1-3H3,(H,17,18). The van der Waals surface area contributed by atoms with E-state index < -0.39 is 5.54 Å². The molecule has 3 N–H and O–H groups in total. The monoisotopic (exact) mass is 295 g/mol. The first-order chi connectivity index (χ1) is 9.37. The Labute approximate surface area is 122 Å². The van der Waals surface area contributed by atoms with E-state index in [4.69, 9.17) is 10.5 Å². The molecule has 2 aliphatic rings. The molecule has 110 valence electrons. The molecule has 2 heterocycles. The highest BCUT2D eigenvalue weighted by atomic mass is 32.1. The molecule has 2 fully saturated rings. The van der Waals surface area contributed by atoms with Crippen LogP contribution in [0.2, 0.25) is 0 Å². The first kappa shape index (κ1) is 14.0. The number of ether oxygens (including phenoxy) is 1. The maximum absolute atomic E-state index is 12.6. The third kappa shape index (κ3) is 1.75. The minimum Gasteiger partial charge on any atom is -0.377 e. The molecule has 0 bridgehead atoms. The molecule has 1 aliphatic carbocycles. The minimum atomic E-state index is -0.825. The SMILES string of the molecule is Cc1ncc(CNC(=O)C2(N)C3CCOC3C2(C)C)s1. The highest BCUT2D eigenvalue weighted by molar-refractivity contribution is 7.11. The summed E-state index contributed by atoms with van der Waals surface area (Å²) >= 11 is 1.59. The quantitative estimate of drug-likeness (QED) is 0.878. The lowest BCUT2D eigenvalue weighted by Gasteiger charge is -2.60. The van der Waals surface area contributed by atoms with Crippen LogP contribution in [0.25, 0.3) is 0 Å². The van der Waals surface area contributed by atoms with Crippen molar-refractivity contribution < 1.29 is 9.53 Å². The average molecular weight is 295 g/mol. The maximum Gasteiger partial charge on any atom is 0.241 e. The lowest BCUT2D eigenvalue weighted by Crippen LogP contribution is -2.80. The van der Waals surface area contributed by atoms with Crippen molar-refractivity contribution in [3.8, 4) is 0 Å². The van der Waals surface area contributed by atoms with Crippen LogP contribution in [-0.2, 0) is 16.1 Å². The lowest BCUT2D eigenvalue weighted by molar-refractivity contribution is -0.175. The van der Waals surface area contributed by atoms with Crippen LogP contribution in [0.3, 0.4) is 0 Å². The normalized spacial score (nSPS) is 34.4. The number of amides is 1. The molecule has 0 spiro atoms. The van der Waals surface area contributed by atoms with Gasteiger partial charge in [0.15, 0.2) is 0 Å². The number of nitrogens with two attached hydrogens (primary N) is 1. The van der Waals surface area contributed by atoms with E-state index >= 15 is 0 Å². The summed E-state index contributed by atoms with van der Waals surface area (Å²) in [6, 6.07) is 0. The largest absolute Gasteiger partial charge is 0.377 e. The second kappa shape index (κ2) is 4.51. The molecule has 1 saturated heterocycles. The molecule has 1 saturated carbocycles. The number of aryl methyl sites for hydroxylation is 1. The van der Waals surface area contributed by atoms with Crippen LogP contribution in [0.15, 0.2) is 6.20 Å². The number of thiazole rings is 1. The maximum atomic E-state index is 12.6. The number of nitrogens with one attached hydrogen (secondary N) is 1. The second-order valence-corrected chi connectivity index (χ2v) is 7.62. The van der Waals surface area contributed by atoms with E-state index in [0.29, 0.717) is 13.2 Å². The van der Waals surface area contributed by atoms with Crippen LogP contribution >= 0.6 is 11.3 Å². The van der Waals surface area contributed by atoms with Gasteiger partial charge in [-0.05, 0) is 13.3 Å². The predicted octanol–water partition coefficient (Wildman–Crippen LogP) is 1.21. The Balaban J connectivity index is 1.70. The van der Waals surface area contributed by atoms with Gasteiger partial charge in [-0.15, -0.1) is 11.3 Å². The third-order valence-corrected chi connectivity index (χ3v) is 5.83. The van der Waals surface area contributed by atoms with Gasteiger partial charge in [0.05, 0.1) is 17.7 Å². The summed E-state index contributed by atoms with van der Waals surface area (Å²) in [4.78, 5) is 17.8. The number of carbonyl (C=O) groups is 1. The first-order valence-electron chi connectivity index (χ1n) is 6.97. The first-order valence-corrected chi connectivity index (χ1v) is 7.79. The molecule has 1 amide bonds. The van der Waals surface area contributed by atoms with Crippen LogP contribution in [0.5, 0.6) is 0 Å². The van der Waals surface area contributed by atoms with Crippen LogP contribution in [0.1, 0.15) is 30.2 Å². The van der Waals surface area contributed by atoms with Gasteiger partial charge in [-0.1, -0.05) is 13.8 Å². The van der Waals surface area contributed by atoms with Gasteiger partial charge in [-0.3, -0.25) is 4.79 Å². The van der Waals surface area contributed by atoms with Gasteiger partial charge in [-0.25, -0.2) is 4.98 Å². The summed E-state index contributed by atoms with van der Waals surface area (Å²) in [7, 11) is 0. The number of hydrogen-bond donors (Lipinski definition) is 2.